The van der Waals surface area contributed by atoms with Crippen molar-refractivity contribution >= 4 is 23.7 Å². The number of amides is 1. The van der Waals surface area contributed by atoms with Gasteiger partial charge in [0.25, 0.3) is 0 Å². The van der Waals surface area contributed by atoms with Crippen LogP contribution < -0.4 is 19.6 Å². The molecule has 0 aliphatic carbocycles. The molecular weight excluding hydrogens is 380 g/mol. The Morgan fingerprint density at radius 3 is 2.64 bits per heavy atom. The molecule has 0 heterocycles. The van der Waals surface area contributed by atoms with Gasteiger partial charge in [0.05, 0.1) is 31.4 Å². The van der Waals surface area contributed by atoms with Crippen LogP contribution in [0.2, 0.25) is 5.02 Å². The highest BCUT2D eigenvalue weighted by Crippen LogP contribution is 2.36. The minimum atomic E-state index is -0.232. The number of hydrogen-bond donors (Lipinski definition) is 1. The summed E-state index contributed by atoms with van der Waals surface area (Å²) in [6.07, 6.45) is 3.31. The number of benzene rings is 2. The molecule has 0 aliphatic heterocycles. The Bertz CT molecular complexity index is 835. The molecule has 28 heavy (non-hydrogen) atoms. The summed E-state index contributed by atoms with van der Waals surface area (Å²) in [7, 11) is 1.52. The van der Waals surface area contributed by atoms with Crippen molar-refractivity contribution in [2.24, 2.45) is 5.10 Å². The fourth-order valence-electron chi connectivity index (χ4n) is 2.37. The maximum absolute atomic E-state index is 12.0. The summed E-state index contributed by atoms with van der Waals surface area (Å²) in [5.74, 6) is 1.44. The minimum absolute atomic E-state index is 0.210. The molecule has 0 aromatic heterocycles. The van der Waals surface area contributed by atoms with Gasteiger partial charge in [-0.05, 0) is 42.3 Å². The lowest BCUT2D eigenvalue weighted by Gasteiger charge is -2.11. The number of methoxy groups -OCH3 is 1. The molecule has 0 saturated carbocycles. The van der Waals surface area contributed by atoms with Crippen LogP contribution >= 0.6 is 11.6 Å². The highest BCUT2D eigenvalue weighted by Gasteiger charge is 2.11. The van der Waals surface area contributed by atoms with Crippen molar-refractivity contribution in [2.75, 3.05) is 20.3 Å². The van der Waals surface area contributed by atoms with Crippen LogP contribution in [0.4, 0.5) is 0 Å². The smallest absolute Gasteiger partial charge is 0.244 e. The second kappa shape index (κ2) is 11.0. The Morgan fingerprint density at radius 1 is 1.25 bits per heavy atom. The average Bonchev–Trinajstić information content (AvgIpc) is 2.68. The number of hydrogen-bond acceptors (Lipinski definition) is 5. The van der Waals surface area contributed by atoms with Crippen LogP contribution in [-0.2, 0) is 11.2 Å². The molecule has 2 aromatic rings. The molecule has 0 saturated heterocycles. The number of nitrogens with zero attached hydrogens (tertiary/aromatic N) is 1. The zero-order chi connectivity index (χ0) is 20.4. The summed E-state index contributed by atoms with van der Waals surface area (Å²) in [5.41, 5.74) is 4.02. The lowest BCUT2D eigenvalue weighted by molar-refractivity contribution is -0.120. The molecule has 7 heteroatoms. The van der Waals surface area contributed by atoms with Gasteiger partial charge < -0.3 is 14.2 Å². The first-order chi connectivity index (χ1) is 13.6. The van der Waals surface area contributed by atoms with Crippen LogP contribution in [0.5, 0.6) is 17.2 Å². The van der Waals surface area contributed by atoms with Crippen molar-refractivity contribution in [1.29, 1.82) is 0 Å². The van der Waals surface area contributed by atoms with Crippen LogP contribution in [0.3, 0.4) is 0 Å². The maximum Gasteiger partial charge on any atom is 0.244 e. The Balaban J connectivity index is 1.96. The van der Waals surface area contributed by atoms with E-state index >= 15 is 0 Å². The van der Waals surface area contributed by atoms with Crippen molar-refractivity contribution in [1.82, 2.24) is 5.43 Å². The van der Waals surface area contributed by atoms with Crippen LogP contribution in [-0.4, -0.2) is 32.4 Å². The fraction of sp³-hybridized carbons (Fsp3) is 0.238. The molecule has 2 aromatic carbocycles. The second-order valence-corrected chi connectivity index (χ2v) is 6.09. The van der Waals surface area contributed by atoms with E-state index in [2.05, 4.69) is 17.1 Å². The van der Waals surface area contributed by atoms with Gasteiger partial charge in [0.15, 0.2) is 11.5 Å². The van der Waals surface area contributed by atoms with E-state index in [1.165, 1.54) is 13.3 Å². The Morgan fingerprint density at radius 2 is 2.00 bits per heavy atom. The van der Waals surface area contributed by atoms with Gasteiger partial charge in [-0.3, -0.25) is 4.79 Å². The van der Waals surface area contributed by atoms with Gasteiger partial charge in [-0.15, -0.1) is 0 Å². The Kier molecular flexibility index (Phi) is 8.37. The van der Waals surface area contributed by atoms with Gasteiger partial charge in [-0.1, -0.05) is 36.4 Å². The number of ether oxygens (including phenoxy) is 3. The van der Waals surface area contributed by atoms with E-state index in [1.54, 1.807) is 18.2 Å². The van der Waals surface area contributed by atoms with Crippen molar-refractivity contribution < 1.29 is 19.0 Å². The van der Waals surface area contributed by atoms with E-state index in [0.29, 0.717) is 35.3 Å². The van der Waals surface area contributed by atoms with E-state index in [4.69, 9.17) is 25.8 Å². The molecular formula is C21H23ClN2O4. The molecule has 0 unspecified atom stereocenters. The largest absolute Gasteiger partial charge is 0.494 e. The predicted octanol–water partition coefficient (Wildman–Crippen LogP) is 4.00. The molecule has 0 bridgehead atoms. The van der Waals surface area contributed by atoms with E-state index in [-0.39, 0.29) is 12.3 Å². The van der Waals surface area contributed by atoms with Crippen LogP contribution in [0, 0.1) is 0 Å². The lowest BCUT2D eigenvalue weighted by Crippen LogP contribution is -2.19. The van der Waals surface area contributed by atoms with Gasteiger partial charge in [-0.2, -0.15) is 5.10 Å². The van der Waals surface area contributed by atoms with Crippen LogP contribution in [0.15, 0.2) is 54.2 Å². The lowest BCUT2D eigenvalue weighted by atomic mass is 10.1. The molecule has 6 nitrogen and oxygen atoms in total. The van der Waals surface area contributed by atoms with Crippen molar-refractivity contribution in [2.45, 2.75) is 13.3 Å². The van der Waals surface area contributed by atoms with Crippen molar-refractivity contribution in [3.63, 3.8) is 0 Å². The quantitative estimate of drug-likeness (QED) is 0.370. The van der Waals surface area contributed by atoms with Gasteiger partial charge in [0.2, 0.25) is 5.91 Å². The third-order valence-electron chi connectivity index (χ3n) is 3.60. The monoisotopic (exact) mass is 402 g/mol. The first-order valence-electron chi connectivity index (χ1n) is 8.72. The van der Waals surface area contributed by atoms with Gasteiger partial charge in [-0.25, -0.2) is 5.43 Å². The highest BCUT2D eigenvalue weighted by atomic mass is 35.5. The molecule has 1 N–H and O–H groups in total. The van der Waals surface area contributed by atoms with E-state index in [1.807, 2.05) is 31.2 Å². The number of carbonyl (C=O) groups excluding carboxylic acids is 1. The second-order valence-electron chi connectivity index (χ2n) is 5.68. The summed E-state index contributed by atoms with van der Waals surface area (Å²) in [6, 6.07) is 10.7. The van der Waals surface area contributed by atoms with Crippen molar-refractivity contribution in [3.05, 3.63) is 65.2 Å². The van der Waals surface area contributed by atoms with Crippen molar-refractivity contribution in [3.8, 4) is 17.2 Å². The standard InChI is InChI=1S/C21H23ClN2O4/c1-4-10-28-21-18(22)11-16(12-19(21)26-3)14-23-24-20(25)13-15-6-8-17(9-7-15)27-5-2/h4,6-9,11-12,14H,1,5,10,13H2,2-3H3,(H,24,25)/b23-14-. The molecule has 0 radical (unpaired) electrons. The molecule has 1 amide bonds. The molecule has 2 rings (SSSR count). The molecule has 0 aliphatic rings. The summed E-state index contributed by atoms with van der Waals surface area (Å²) < 4.78 is 16.2. The maximum atomic E-state index is 12.0. The summed E-state index contributed by atoms with van der Waals surface area (Å²) >= 11 is 6.23. The number of halogens is 1. The molecule has 0 spiro atoms. The normalized spacial score (nSPS) is 10.5. The first kappa shape index (κ1) is 21.3. The third kappa shape index (κ3) is 6.32. The first-order valence-corrected chi connectivity index (χ1v) is 9.10. The molecule has 0 atom stereocenters. The van der Waals surface area contributed by atoms with Gasteiger partial charge in [0.1, 0.15) is 12.4 Å². The number of hydrazone groups is 1. The SMILES string of the molecule is C=CCOc1c(Cl)cc(/C=N\NC(=O)Cc2ccc(OCC)cc2)cc1OC. The highest BCUT2D eigenvalue weighted by molar-refractivity contribution is 6.32. The molecule has 0 fully saturated rings. The number of nitrogens with one attached hydrogen (secondary N) is 1. The van der Waals surface area contributed by atoms with E-state index in [9.17, 15) is 4.79 Å². The van der Waals surface area contributed by atoms with Gasteiger partial charge in [0, 0.05) is 0 Å². The number of carbonyl (C=O) groups is 1. The zero-order valence-corrected chi connectivity index (χ0v) is 16.7. The van der Waals surface area contributed by atoms with E-state index in [0.717, 1.165) is 11.3 Å². The Hall–Kier alpha value is -2.99. The number of rotatable bonds is 10. The molecule has 148 valence electrons. The summed E-state index contributed by atoms with van der Waals surface area (Å²) in [6.45, 7) is 6.43. The van der Waals surface area contributed by atoms with E-state index < -0.39 is 0 Å². The Labute approximate surface area is 169 Å². The summed E-state index contributed by atoms with van der Waals surface area (Å²) in [5, 5.41) is 4.35. The predicted molar refractivity (Wildman–Crippen MR) is 111 cm³/mol. The topological polar surface area (TPSA) is 69.2 Å². The average molecular weight is 403 g/mol. The van der Waals surface area contributed by atoms with Gasteiger partial charge >= 0.3 is 0 Å². The fourth-order valence-corrected chi connectivity index (χ4v) is 2.64. The van der Waals surface area contributed by atoms with Crippen LogP contribution in [0.1, 0.15) is 18.1 Å². The minimum Gasteiger partial charge on any atom is -0.494 e. The summed E-state index contributed by atoms with van der Waals surface area (Å²) in [4.78, 5) is 12.0. The third-order valence-corrected chi connectivity index (χ3v) is 3.88. The zero-order valence-electron chi connectivity index (χ0n) is 15.9. The van der Waals surface area contributed by atoms with Crippen LogP contribution in [0.25, 0.3) is 0 Å².